The normalized spacial score (nSPS) is 26.6. The Morgan fingerprint density at radius 3 is 2.27 bits per heavy atom. The number of nitrogens with zero attached hydrogens (tertiary/aromatic N) is 3. The lowest BCUT2D eigenvalue weighted by Crippen LogP contribution is -2.36. The zero-order valence-electron chi connectivity index (χ0n) is 16.0. The summed E-state index contributed by atoms with van der Waals surface area (Å²) in [6, 6.07) is 0.0375. The molecular weight excluding hydrogens is 326 g/mol. The minimum atomic E-state index is 0.0375. The zero-order chi connectivity index (χ0) is 17.8. The van der Waals surface area contributed by atoms with Crippen molar-refractivity contribution in [1.82, 2.24) is 15.0 Å². The first-order chi connectivity index (χ1) is 12.8. The third-order valence-corrected chi connectivity index (χ3v) is 6.70. The van der Waals surface area contributed by atoms with E-state index in [9.17, 15) is 4.79 Å². The molecule has 1 amide bonds. The fraction of sp³-hybridized carbons (Fsp3) is 0.857. The molecule has 5 heteroatoms. The van der Waals surface area contributed by atoms with Crippen LogP contribution < -0.4 is 0 Å². The Balaban J connectivity index is 1.44. The van der Waals surface area contributed by atoms with Crippen molar-refractivity contribution in [2.45, 2.75) is 102 Å². The number of amides is 1. The molecule has 0 aromatic carbocycles. The lowest BCUT2D eigenvalue weighted by molar-refractivity contribution is -0.137. The lowest BCUT2D eigenvalue weighted by Gasteiger charge is -2.29. The summed E-state index contributed by atoms with van der Waals surface area (Å²) in [6.45, 7) is 0.854. The Kier molecular flexibility index (Phi) is 5.91. The third kappa shape index (κ3) is 3.96. The Morgan fingerprint density at radius 1 is 0.846 bits per heavy atom. The molecular formula is C21H33N3O2. The van der Waals surface area contributed by atoms with Gasteiger partial charge in [0.15, 0.2) is 5.82 Å². The molecule has 1 aromatic heterocycles. The summed E-state index contributed by atoms with van der Waals surface area (Å²) in [6.07, 6.45) is 16.7. The zero-order valence-corrected chi connectivity index (χ0v) is 16.0. The molecule has 1 saturated heterocycles. The van der Waals surface area contributed by atoms with E-state index in [2.05, 4.69) is 10.1 Å². The average Bonchev–Trinajstić information content (AvgIpc) is 3.31. The maximum atomic E-state index is 13.0. The summed E-state index contributed by atoms with van der Waals surface area (Å²) in [7, 11) is 0. The van der Waals surface area contributed by atoms with Crippen LogP contribution in [0.1, 0.15) is 114 Å². The van der Waals surface area contributed by atoms with Crippen LogP contribution in [-0.2, 0) is 4.79 Å². The quantitative estimate of drug-likeness (QED) is 0.749. The number of rotatable bonds is 3. The van der Waals surface area contributed by atoms with E-state index in [1.807, 2.05) is 0 Å². The second-order valence-electron chi connectivity index (χ2n) is 8.56. The third-order valence-electron chi connectivity index (χ3n) is 6.70. The van der Waals surface area contributed by atoms with Gasteiger partial charge in [-0.25, -0.2) is 0 Å². The molecule has 2 aliphatic carbocycles. The molecule has 3 aliphatic rings. The van der Waals surface area contributed by atoms with Crippen LogP contribution in [-0.4, -0.2) is 27.5 Å². The van der Waals surface area contributed by atoms with Crippen LogP contribution >= 0.6 is 0 Å². The highest BCUT2D eigenvalue weighted by Gasteiger charge is 2.37. The van der Waals surface area contributed by atoms with Crippen molar-refractivity contribution < 1.29 is 9.32 Å². The Morgan fingerprint density at radius 2 is 1.50 bits per heavy atom. The van der Waals surface area contributed by atoms with Gasteiger partial charge in [-0.2, -0.15) is 4.98 Å². The second-order valence-corrected chi connectivity index (χ2v) is 8.56. The highest BCUT2D eigenvalue weighted by atomic mass is 16.5. The van der Waals surface area contributed by atoms with Crippen molar-refractivity contribution >= 4 is 5.91 Å². The number of aromatic nitrogens is 2. The molecule has 0 spiro atoms. The molecule has 3 fully saturated rings. The minimum Gasteiger partial charge on any atom is -0.339 e. The van der Waals surface area contributed by atoms with Gasteiger partial charge in [-0.3, -0.25) is 4.79 Å². The van der Waals surface area contributed by atoms with Crippen molar-refractivity contribution in [1.29, 1.82) is 0 Å². The first-order valence-electron chi connectivity index (χ1n) is 11.0. The van der Waals surface area contributed by atoms with Crippen molar-refractivity contribution in [3.8, 4) is 0 Å². The standard InChI is InChI=1S/C21H33N3O2/c25-21(17-12-7-4-8-13-17)24-15-9-14-18(24)19-22-20(26-23-19)16-10-5-2-1-3-6-11-16/h16-18H,1-15H2. The number of likely N-dealkylation sites (tertiary alicyclic amines) is 1. The molecule has 0 bridgehead atoms. The molecule has 1 aliphatic heterocycles. The average molecular weight is 360 g/mol. The predicted octanol–water partition coefficient (Wildman–Crippen LogP) is 5.14. The van der Waals surface area contributed by atoms with Gasteiger partial charge in [0, 0.05) is 18.4 Å². The van der Waals surface area contributed by atoms with Crippen LogP contribution in [0.3, 0.4) is 0 Å². The monoisotopic (exact) mass is 359 g/mol. The van der Waals surface area contributed by atoms with Gasteiger partial charge in [-0.05, 0) is 38.5 Å². The summed E-state index contributed by atoms with van der Waals surface area (Å²) in [4.78, 5) is 19.9. The molecule has 1 unspecified atom stereocenters. The SMILES string of the molecule is O=C(C1CCCCC1)N1CCCC1c1noc(C2CCCCCCC2)n1. The van der Waals surface area contributed by atoms with Crippen molar-refractivity contribution in [2.24, 2.45) is 5.92 Å². The van der Waals surface area contributed by atoms with E-state index in [1.165, 1.54) is 51.4 Å². The Bertz CT molecular complexity index is 586. The van der Waals surface area contributed by atoms with Crippen LogP contribution in [0.5, 0.6) is 0 Å². The van der Waals surface area contributed by atoms with Gasteiger partial charge in [-0.1, -0.05) is 56.5 Å². The predicted molar refractivity (Wildman–Crippen MR) is 99.6 cm³/mol. The molecule has 0 radical (unpaired) electrons. The van der Waals surface area contributed by atoms with E-state index in [-0.39, 0.29) is 12.0 Å². The van der Waals surface area contributed by atoms with Crippen LogP contribution in [0, 0.1) is 5.92 Å². The van der Waals surface area contributed by atoms with E-state index < -0.39 is 0 Å². The molecule has 144 valence electrons. The molecule has 2 heterocycles. The molecule has 4 rings (SSSR count). The van der Waals surface area contributed by atoms with E-state index in [0.29, 0.717) is 11.8 Å². The summed E-state index contributed by atoms with van der Waals surface area (Å²) >= 11 is 0. The van der Waals surface area contributed by atoms with E-state index in [4.69, 9.17) is 9.51 Å². The number of hydrogen-bond donors (Lipinski definition) is 0. The first kappa shape index (κ1) is 18.0. The maximum Gasteiger partial charge on any atom is 0.229 e. The number of carbonyl (C=O) groups is 1. The fourth-order valence-corrected chi connectivity index (χ4v) is 5.13. The molecule has 1 aromatic rings. The Hall–Kier alpha value is -1.39. The summed E-state index contributed by atoms with van der Waals surface area (Å²) in [5.74, 6) is 2.55. The van der Waals surface area contributed by atoms with E-state index in [1.54, 1.807) is 0 Å². The van der Waals surface area contributed by atoms with E-state index in [0.717, 1.165) is 56.8 Å². The number of hydrogen-bond acceptors (Lipinski definition) is 4. The summed E-state index contributed by atoms with van der Waals surface area (Å²) < 4.78 is 5.69. The maximum absolute atomic E-state index is 13.0. The largest absolute Gasteiger partial charge is 0.339 e. The van der Waals surface area contributed by atoms with Gasteiger partial charge in [-0.15, -0.1) is 0 Å². The molecule has 2 saturated carbocycles. The Labute approximate surface area is 156 Å². The molecule has 1 atom stereocenters. The molecule has 26 heavy (non-hydrogen) atoms. The van der Waals surface area contributed by atoms with Crippen LogP contribution in [0.2, 0.25) is 0 Å². The van der Waals surface area contributed by atoms with Crippen molar-refractivity contribution in [2.75, 3.05) is 6.54 Å². The fourth-order valence-electron chi connectivity index (χ4n) is 5.13. The van der Waals surface area contributed by atoms with Crippen LogP contribution in [0.25, 0.3) is 0 Å². The van der Waals surface area contributed by atoms with Crippen LogP contribution in [0.15, 0.2) is 4.52 Å². The molecule has 0 N–H and O–H groups in total. The highest BCUT2D eigenvalue weighted by molar-refractivity contribution is 5.79. The van der Waals surface area contributed by atoms with Crippen LogP contribution in [0.4, 0.5) is 0 Å². The minimum absolute atomic E-state index is 0.0375. The molecule has 5 nitrogen and oxygen atoms in total. The van der Waals surface area contributed by atoms with Gasteiger partial charge in [0.25, 0.3) is 0 Å². The second kappa shape index (κ2) is 8.53. The number of carbonyl (C=O) groups excluding carboxylic acids is 1. The smallest absolute Gasteiger partial charge is 0.229 e. The van der Waals surface area contributed by atoms with Gasteiger partial charge < -0.3 is 9.42 Å². The van der Waals surface area contributed by atoms with Gasteiger partial charge in [0.1, 0.15) is 0 Å². The lowest BCUT2D eigenvalue weighted by atomic mass is 9.88. The van der Waals surface area contributed by atoms with Gasteiger partial charge >= 0.3 is 0 Å². The highest BCUT2D eigenvalue weighted by Crippen LogP contribution is 2.36. The van der Waals surface area contributed by atoms with Gasteiger partial charge in [0.2, 0.25) is 11.8 Å². The summed E-state index contributed by atoms with van der Waals surface area (Å²) in [5, 5.41) is 4.33. The first-order valence-corrected chi connectivity index (χ1v) is 11.0. The van der Waals surface area contributed by atoms with Crippen molar-refractivity contribution in [3.63, 3.8) is 0 Å². The topological polar surface area (TPSA) is 59.2 Å². The van der Waals surface area contributed by atoms with Crippen molar-refractivity contribution in [3.05, 3.63) is 11.7 Å². The van der Waals surface area contributed by atoms with E-state index >= 15 is 0 Å². The summed E-state index contributed by atoms with van der Waals surface area (Å²) in [5.41, 5.74) is 0. The van der Waals surface area contributed by atoms with Gasteiger partial charge in [0.05, 0.1) is 6.04 Å².